The number of ether oxygens (including phenoxy) is 2. The Bertz CT molecular complexity index is 362. The minimum Gasteiger partial charge on any atom is -0.467 e. The van der Waals surface area contributed by atoms with Crippen LogP contribution < -0.4 is 20.5 Å². The lowest BCUT2D eigenvalue weighted by atomic mass is 9.95. The Morgan fingerprint density at radius 1 is 1.05 bits per heavy atom. The zero-order chi connectivity index (χ0) is 14.3. The SMILES string of the molecule is CCC(CC)C(N)CNc1nc(OC)nc(OC)n1. The van der Waals surface area contributed by atoms with Gasteiger partial charge in [-0.3, -0.25) is 0 Å². The van der Waals surface area contributed by atoms with Crippen LogP contribution in [0.15, 0.2) is 0 Å². The van der Waals surface area contributed by atoms with Crippen molar-refractivity contribution >= 4 is 5.95 Å². The molecule has 0 saturated heterocycles. The average molecular weight is 269 g/mol. The molecule has 0 aliphatic carbocycles. The molecule has 1 unspecified atom stereocenters. The highest BCUT2D eigenvalue weighted by atomic mass is 16.5. The summed E-state index contributed by atoms with van der Waals surface area (Å²) in [6.45, 7) is 4.88. The third-order valence-corrected chi connectivity index (χ3v) is 3.11. The summed E-state index contributed by atoms with van der Waals surface area (Å²) in [7, 11) is 2.99. The summed E-state index contributed by atoms with van der Waals surface area (Å²) in [4.78, 5) is 12.1. The van der Waals surface area contributed by atoms with Crippen molar-refractivity contribution in [2.75, 3.05) is 26.1 Å². The molecule has 0 spiro atoms. The van der Waals surface area contributed by atoms with Crippen LogP contribution in [0.1, 0.15) is 26.7 Å². The third-order valence-electron chi connectivity index (χ3n) is 3.11. The molecule has 0 bridgehead atoms. The number of rotatable bonds is 8. The molecule has 0 aliphatic rings. The Kier molecular flexibility index (Phi) is 6.27. The molecule has 1 rings (SSSR count). The smallest absolute Gasteiger partial charge is 0.324 e. The first-order valence-electron chi connectivity index (χ1n) is 6.48. The van der Waals surface area contributed by atoms with Crippen molar-refractivity contribution in [2.45, 2.75) is 32.7 Å². The van der Waals surface area contributed by atoms with Crippen LogP contribution in [-0.4, -0.2) is 41.8 Å². The molecule has 1 aromatic rings. The van der Waals surface area contributed by atoms with Gasteiger partial charge in [0.25, 0.3) is 0 Å². The second kappa shape index (κ2) is 7.73. The van der Waals surface area contributed by atoms with E-state index in [-0.39, 0.29) is 18.1 Å². The number of anilines is 1. The van der Waals surface area contributed by atoms with Gasteiger partial charge in [0.05, 0.1) is 14.2 Å². The summed E-state index contributed by atoms with van der Waals surface area (Å²) in [6, 6.07) is 0.486. The van der Waals surface area contributed by atoms with Crippen LogP contribution in [0.3, 0.4) is 0 Å². The maximum absolute atomic E-state index is 6.13. The molecule has 19 heavy (non-hydrogen) atoms. The van der Waals surface area contributed by atoms with E-state index >= 15 is 0 Å². The number of nitrogens with two attached hydrogens (primary N) is 1. The summed E-state index contributed by atoms with van der Waals surface area (Å²) in [6.07, 6.45) is 2.12. The van der Waals surface area contributed by atoms with E-state index < -0.39 is 0 Å². The van der Waals surface area contributed by atoms with Gasteiger partial charge in [-0.1, -0.05) is 26.7 Å². The van der Waals surface area contributed by atoms with Crippen molar-refractivity contribution in [3.05, 3.63) is 0 Å². The molecular formula is C12H23N5O2. The van der Waals surface area contributed by atoms with E-state index in [1.54, 1.807) is 0 Å². The fourth-order valence-corrected chi connectivity index (χ4v) is 1.87. The van der Waals surface area contributed by atoms with E-state index in [0.717, 1.165) is 12.8 Å². The third kappa shape index (κ3) is 4.51. The first-order valence-corrected chi connectivity index (χ1v) is 6.48. The molecule has 0 aliphatic heterocycles. The highest BCUT2D eigenvalue weighted by Gasteiger charge is 2.15. The first kappa shape index (κ1) is 15.4. The second-order valence-corrected chi connectivity index (χ2v) is 4.25. The lowest BCUT2D eigenvalue weighted by Gasteiger charge is -2.21. The van der Waals surface area contributed by atoms with Crippen LogP contribution in [-0.2, 0) is 0 Å². The molecule has 1 heterocycles. The fourth-order valence-electron chi connectivity index (χ4n) is 1.87. The van der Waals surface area contributed by atoms with Gasteiger partial charge in [-0.05, 0) is 5.92 Å². The first-order chi connectivity index (χ1) is 9.14. The van der Waals surface area contributed by atoms with Gasteiger partial charge in [-0.25, -0.2) is 0 Å². The van der Waals surface area contributed by atoms with Crippen molar-refractivity contribution in [1.29, 1.82) is 0 Å². The van der Waals surface area contributed by atoms with Crippen LogP contribution in [0.25, 0.3) is 0 Å². The normalized spacial score (nSPS) is 12.3. The molecule has 7 nitrogen and oxygen atoms in total. The van der Waals surface area contributed by atoms with E-state index in [2.05, 4.69) is 34.1 Å². The maximum atomic E-state index is 6.13. The fraction of sp³-hybridized carbons (Fsp3) is 0.750. The zero-order valence-corrected chi connectivity index (χ0v) is 12.0. The molecule has 3 N–H and O–H groups in total. The van der Waals surface area contributed by atoms with Gasteiger partial charge < -0.3 is 20.5 Å². The van der Waals surface area contributed by atoms with Crippen LogP contribution in [0, 0.1) is 5.92 Å². The number of aromatic nitrogens is 3. The Morgan fingerprint density at radius 2 is 1.58 bits per heavy atom. The summed E-state index contributed by atoms with van der Waals surface area (Å²) in [5, 5.41) is 3.10. The van der Waals surface area contributed by atoms with Crippen molar-refractivity contribution < 1.29 is 9.47 Å². The molecule has 0 radical (unpaired) electrons. The molecule has 0 amide bonds. The van der Waals surface area contributed by atoms with Crippen LogP contribution >= 0.6 is 0 Å². The molecular weight excluding hydrogens is 246 g/mol. The Balaban J connectivity index is 2.66. The minimum absolute atomic E-state index is 0.0590. The second-order valence-electron chi connectivity index (χ2n) is 4.25. The number of methoxy groups -OCH3 is 2. The van der Waals surface area contributed by atoms with Gasteiger partial charge in [0.1, 0.15) is 0 Å². The van der Waals surface area contributed by atoms with Crippen LogP contribution in [0.4, 0.5) is 5.95 Å². The lowest BCUT2D eigenvalue weighted by Crippen LogP contribution is -2.36. The van der Waals surface area contributed by atoms with Crippen molar-refractivity contribution in [3.8, 4) is 12.0 Å². The molecule has 1 aromatic heterocycles. The van der Waals surface area contributed by atoms with E-state index in [9.17, 15) is 0 Å². The van der Waals surface area contributed by atoms with Crippen molar-refractivity contribution in [1.82, 2.24) is 15.0 Å². The van der Waals surface area contributed by atoms with Gasteiger partial charge in [-0.15, -0.1) is 4.98 Å². The van der Waals surface area contributed by atoms with Crippen LogP contribution in [0.2, 0.25) is 0 Å². The average Bonchev–Trinajstić information content (AvgIpc) is 2.45. The standard InChI is InChI=1S/C12H23N5O2/c1-5-8(6-2)9(13)7-14-10-15-11(18-3)17-12(16-10)19-4/h8-9H,5-7,13H2,1-4H3,(H,14,15,16,17). The quantitative estimate of drug-likeness (QED) is 0.728. The van der Waals surface area contributed by atoms with Crippen molar-refractivity contribution in [2.24, 2.45) is 11.7 Å². The number of nitrogens with one attached hydrogen (secondary N) is 1. The molecule has 7 heteroatoms. The van der Waals surface area contributed by atoms with E-state index in [0.29, 0.717) is 18.4 Å². The summed E-state index contributed by atoms with van der Waals surface area (Å²) >= 11 is 0. The Morgan fingerprint density at radius 3 is 2.00 bits per heavy atom. The summed E-state index contributed by atoms with van der Waals surface area (Å²) in [5.74, 6) is 0.892. The predicted molar refractivity (Wildman–Crippen MR) is 73.5 cm³/mol. The molecule has 108 valence electrons. The molecule has 0 aromatic carbocycles. The summed E-state index contributed by atoms with van der Waals surface area (Å²) in [5.41, 5.74) is 6.13. The topological polar surface area (TPSA) is 95.2 Å². The van der Waals surface area contributed by atoms with Gasteiger partial charge in [-0.2, -0.15) is 9.97 Å². The Labute approximate surface area is 113 Å². The number of hydrogen-bond acceptors (Lipinski definition) is 7. The maximum Gasteiger partial charge on any atom is 0.324 e. The van der Waals surface area contributed by atoms with Gasteiger partial charge in [0, 0.05) is 12.6 Å². The van der Waals surface area contributed by atoms with E-state index in [1.807, 2.05) is 0 Å². The Hall–Kier alpha value is -1.63. The zero-order valence-electron chi connectivity index (χ0n) is 12.0. The monoisotopic (exact) mass is 269 g/mol. The largest absolute Gasteiger partial charge is 0.467 e. The van der Waals surface area contributed by atoms with Gasteiger partial charge >= 0.3 is 12.0 Å². The van der Waals surface area contributed by atoms with Crippen molar-refractivity contribution in [3.63, 3.8) is 0 Å². The summed E-state index contributed by atoms with van der Waals surface area (Å²) < 4.78 is 9.96. The van der Waals surface area contributed by atoms with E-state index in [4.69, 9.17) is 15.2 Å². The lowest BCUT2D eigenvalue weighted by molar-refractivity contribution is 0.340. The number of nitrogens with zero attached hydrogens (tertiary/aromatic N) is 3. The molecule has 0 fully saturated rings. The predicted octanol–water partition coefficient (Wildman–Crippen LogP) is 1.06. The number of hydrogen-bond donors (Lipinski definition) is 2. The highest BCUT2D eigenvalue weighted by Crippen LogP contribution is 2.14. The minimum atomic E-state index is 0.0590. The van der Waals surface area contributed by atoms with Gasteiger partial charge in [0.2, 0.25) is 5.95 Å². The van der Waals surface area contributed by atoms with E-state index in [1.165, 1.54) is 14.2 Å². The van der Waals surface area contributed by atoms with Gasteiger partial charge in [0.15, 0.2) is 0 Å². The molecule has 0 saturated carbocycles. The highest BCUT2D eigenvalue weighted by molar-refractivity contribution is 5.27. The molecule has 1 atom stereocenters. The van der Waals surface area contributed by atoms with Crippen LogP contribution in [0.5, 0.6) is 12.0 Å².